The van der Waals surface area contributed by atoms with Crippen molar-refractivity contribution < 1.29 is 14.6 Å². The van der Waals surface area contributed by atoms with Crippen LogP contribution in [0.4, 0.5) is 10.5 Å². The average Bonchev–Trinajstić information content (AvgIpc) is 3.12. The van der Waals surface area contributed by atoms with E-state index in [2.05, 4.69) is 15.6 Å². The number of nitrogens with one attached hydrogen (secondary N) is 2. The number of carbonyl (C=O) groups is 1. The van der Waals surface area contributed by atoms with E-state index < -0.39 is 12.2 Å². The van der Waals surface area contributed by atoms with Gasteiger partial charge in [-0.2, -0.15) is 0 Å². The van der Waals surface area contributed by atoms with Gasteiger partial charge in [-0.1, -0.05) is 12.1 Å². The number of amides is 1. The molecule has 7 heteroatoms. The largest absolute Gasteiger partial charge is 0.449 e. The van der Waals surface area contributed by atoms with E-state index in [1.807, 2.05) is 29.6 Å². The minimum atomic E-state index is -0.611. The Morgan fingerprint density at radius 3 is 2.92 bits per heavy atom. The molecule has 1 aromatic carbocycles. The summed E-state index contributed by atoms with van der Waals surface area (Å²) < 4.78 is 5.38. The van der Waals surface area contributed by atoms with Gasteiger partial charge in [-0.15, -0.1) is 11.3 Å². The van der Waals surface area contributed by atoms with Gasteiger partial charge in [0, 0.05) is 10.9 Å². The van der Waals surface area contributed by atoms with Crippen molar-refractivity contribution in [3.05, 3.63) is 35.3 Å². The SMILES string of the molecule is C[C@@H](O)c1csc(-c2ccccc2NC(=O)OCC2CCNCC2)n1. The predicted molar refractivity (Wildman–Crippen MR) is 98.7 cm³/mol. The van der Waals surface area contributed by atoms with Gasteiger partial charge in [-0.05, 0) is 50.9 Å². The zero-order valence-corrected chi connectivity index (χ0v) is 15.0. The molecular formula is C18H23N3O3S. The summed E-state index contributed by atoms with van der Waals surface area (Å²) in [4.78, 5) is 16.6. The van der Waals surface area contributed by atoms with Gasteiger partial charge in [-0.3, -0.25) is 5.32 Å². The number of piperidine rings is 1. The summed E-state index contributed by atoms with van der Waals surface area (Å²) in [6, 6.07) is 7.47. The van der Waals surface area contributed by atoms with E-state index in [0.717, 1.165) is 36.5 Å². The van der Waals surface area contributed by atoms with Crippen LogP contribution in [0, 0.1) is 5.92 Å². The van der Waals surface area contributed by atoms with Gasteiger partial charge >= 0.3 is 6.09 Å². The minimum absolute atomic E-state index is 0.426. The lowest BCUT2D eigenvalue weighted by Gasteiger charge is -2.22. The molecule has 2 heterocycles. The summed E-state index contributed by atoms with van der Waals surface area (Å²) in [5.41, 5.74) is 2.10. The van der Waals surface area contributed by atoms with Crippen molar-refractivity contribution in [3.63, 3.8) is 0 Å². The van der Waals surface area contributed by atoms with Crippen LogP contribution in [-0.4, -0.2) is 35.9 Å². The molecule has 1 aromatic heterocycles. The Balaban J connectivity index is 1.64. The van der Waals surface area contributed by atoms with E-state index in [1.54, 1.807) is 6.92 Å². The number of para-hydroxylation sites is 1. The number of ether oxygens (including phenoxy) is 1. The highest BCUT2D eigenvalue weighted by atomic mass is 32.1. The van der Waals surface area contributed by atoms with Gasteiger partial charge in [0.15, 0.2) is 0 Å². The maximum absolute atomic E-state index is 12.1. The fraction of sp³-hybridized carbons (Fsp3) is 0.444. The number of aromatic nitrogens is 1. The number of aliphatic hydroxyl groups excluding tert-OH is 1. The molecule has 0 bridgehead atoms. The first-order valence-electron chi connectivity index (χ1n) is 8.51. The fourth-order valence-corrected chi connectivity index (χ4v) is 3.71. The summed E-state index contributed by atoms with van der Waals surface area (Å²) in [6.45, 7) is 4.09. The molecule has 1 atom stereocenters. The first kappa shape index (κ1) is 17.8. The molecular weight excluding hydrogens is 338 g/mol. The summed E-state index contributed by atoms with van der Waals surface area (Å²) in [7, 11) is 0. The molecule has 6 nitrogen and oxygen atoms in total. The molecule has 0 aliphatic carbocycles. The Morgan fingerprint density at radius 2 is 2.20 bits per heavy atom. The lowest BCUT2D eigenvalue weighted by molar-refractivity contribution is 0.131. The molecule has 1 amide bonds. The molecule has 0 spiro atoms. The molecule has 3 rings (SSSR count). The Labute approximate surface area is 151 Å². The normalized spacial score (nSPS) is 16.4. The van der Waals surface area contributed by atoms with Crippen LogP contribution in [0.2, 0.25) is 0 Å². The molecule has 1 aliphatic heterocycles. The molecule has 0 radical (unpaired) electrons. The third-order valence-electron chi connectivity index (χ3n) is 4.25. The standard InChI is InChI=1S/C18H23N3O3S/c1-12(22)16-11-25-17(20-16)14-4-2-3-5-15(14)21-18(23)24-10-13-6-8-19-9-7-13/h2-5,11-13,19,22H,6-10H2,1H3,(H,21,23)/t12-/m1/s1. The highest BCUT2D eigenvalue weighted by molar-refractivity contribution is 7.13. The second-order valence-corrected chi connectivity index (χ2v) is 7.07. The summed E-state index contributed by atoms with van der Waals surface area (Å²) in [5, 5.41) is 18.3. The van der Waals surface area contributed by atoms with Crippen molar-refractivity contribution in [3.8, 4) is 10.6 Å². The number of hydrogen-bond donors (Lipinski definition) is 3. The molecule has 0 saturated carbocycles. The van der Waals surface area contributed by atoms with Crippen molar-refractivity contribution in [2.45, 2.75) is 25.9 Å². The molecule has 1 saturated heterocycles. The van der Waals surface area contributed by atoms with Crippen LogP contribution in [0.15, 0.2) is 29.6 Å². The lowest BCUT2D eigenvalue weighted by Crippen LogP contribution is -2.31. The summed E-state index contributed by atoms with van der Waals surface area (Å²) in [5.74, 6) is 0.426. The Morgan fingerprint density at radius 1 is 1.44 bits per heavy atom. The minimum Gasteiger partial charge on any atom is -0.449 e. The second kappa shape index (κ2) is 8.42. The number of aliphatic hydroxyl groups is 1. The van der Waals surface area contributed by atoms with Crippen molar-refractivity contribution in [2.75, 3.05) is 25.0 Å². The molecule has 1 fully saturated rings. The summed E-state index contributed by atoms with van der Waals surface area (Å²) in [6.07, 6.45) is 1.01. The lowest BCUT2D eigenvalue weighted by atomic mass is 9.99. The molecule has 25 heavy (non-hydrogen) atoms. The van der Waals surface area contributed by atoms with Gasteiger partial charge in [0.25, 0.3) is 0 Å². The van der Waals surface area contributed by atoms with Crippen molar-refractivity contribution in [2.24, 2.45) is 5.92 Å². The maximum atomic E-state index is 12.1. The zero-order chi connectivity index (χ0) is 17.6. The zero-order valence-electron chi connectivity index (χ0n) is 14.2. The third-order valence-corrected chi connectivity index (χ3v) is 5.15. The van der Waals surface area contributed by atoms with Crippen LogP contribution in [0.3, 0.4) is 0 Å². The van der Waals surface area contributed by atoms with Crippen LogP contribution < -0.4 is 10.6 Å². The average molecular weight is 361 g/mol. The van der Waals surface area contributed by atoms with Gasteiger partial charge in [0.05, 0.1) is 24.1 Å². The Hall–Kier alpha value is -1.96. The monoisotopic (exact) mass is 361 g/mol. The number of hydrogen-bond acceptors (Lipinski definition) is 6. The molecule has 2 aromatic rings. The van der Waals surface area contributed by atoms with Gasteiger partial charge in [0.2, 0.25) is 0 Å². The number of benzene rings is 1. The van der Waals surface area contributed by atoms with Gasteiger partial charge in [0.1, 0.15) is 5.01 Å². The van der Waals surface area contributed by atoms with Gasteiger partial charge in [-0.25, -0.2) is 9.78 Å². The van der Waals surface area contributed by atoms with E-state index in [9.17, 15) is 9.90 Å². The predicted octanol–water partition coefficient (Wildman–Crippen LogP) is 3.41. The molecule has 1 aliphatic rings. The fourth-order valence-electron chi connectivity index (χ4n) is 2.77. The van der Waals surface area contributed by atoms with E-state index >= 15 is 0 Å². The molecule has 0 unspecified atom stereocenters. The first-order chi connectivity index (χ1) is 12.1. The smallest absolute Gasteiger partial charge is 0.411 e. The third kappa shape index (κ3) is 4.78. The highest BCUT2D eigenvalue weighted by Gasteiger charge is 2.17. The Kier molecular flexibility index (Phi) is 6.01. The van der Waals surface area contributed by atoms with Crippen LogP contribution in [0.25, 0.3) is 10.6 Å². The van der Waals surface area contributed by atoms with Crippen LogP contribution in [0.1, 0.15) is 31.6 Å². The first-order valence-corrected chi connectivity index (χ1v) is 9.39. The quantitative estimate of drug-likeness (QED) is 0.760. The van der Waals surface area contributed by atoms with Gasteiger partial charge < -0.3 is 15.2 Å². The van der Waals surface area contributed by atoms with Crippen molar-refractivity contribution in [1.82, 2.24) is 10.3 Å². The number of anilines is 1. The number of carbonyl (C=O) groups excluding carboxylic acids is 1. The van der Waals surface area contributed by atoms with Crippen LogP contribution in [0.5, 0.6) is 0 Å². The molecule has 3 N–H and O–H groups in total. The molecule has 134 valence electrons. The Bertz CT molecular complexity index is 711. The number of thiazole rings is 1. The van der Waals surface area contributed by atoms with Crippen LogP contribution >= 0.6 is 11.3 Å². The highest BCUT2D eigenvalue weighted by Crippen LogP contribution is 2.32. The van der Waals surface area contributed by atoms with E-state index in [0.29, 0.717) is 23.9 Å². The number of nitrogens with zero attached hydrogens (tertiary/aromatic N) is 1. The van der Waals surface area contributed by atoms with E-state index in [1.165, 1.54) is 11.3 Å². The van der Waals surface area contributed by atoms with Crippen LogP contribution in [-0.2, 0) is 4.74 Å². The summed E-state index contributed by atoms with van der Waals surface area (Å²) >= 11 is 1.44. The van der Waals surface area contributed by atoms with E-state index in [-0.39, 0.29) is 0 Å². The van der Waals surface area contributed by atoms with Crippen molar-refractivity contribution in [1.29, 1.82) is 0 Å². The van der Waals surface area contributed by atoms with Crippen molar-refractivity contribution >= 4 is 23.1 Å². The number of rotatable bonds is 5. The topological polar surface area (TPSA) is 83.5 Å². The maximum Gasteiger partial charge on any atom is 0.411 e. The van der Waals surface area contributed by atoms with E-state index in [4.69, 9.17) is 4.74 Å². The second-order valence-electron chi connectivity index (χ2n) is 6.22.